The van der Waals surface area contributed by atoms with E-state index in [0.717, 1.165) is 61.3 Å². The number of aliphatic imine (C=N–C) groups is 4. The van der Waals surface area contributed by atoms with Crippen molar-refractivity contribution in [3.63, 3.8) is 0 Å². The van der Waals surface area contributed by atoms with Gasteiger partial charge in [-0.25, -0.2) is 5.73 Å². The van der Waals surface area contributed by atoms with Crippen LogP contribution in [0.25, 0.3) is 0 Å². The van der Waals surface area contributed by atoms with Crippen LogP contribution in [0.2, 0.25) is 0 Å². The molecule has 3 rings (SSSR count). The van der Waals surface area contributed by atoms with Crippen LogP contribution >= 0.6 is 0 Å². The second-order valence-electron chi connectivity index (χ2n) is 5.97. The Morgan fingerprint density at radius 2 is 1.43 bits per heavy atom. The summed E-state index contributed by atoms with van der Waals surface area (Å²) in [6.45, 7) is 3.00. The van der Waals surface area contributed by atoms with Gasteiger partial charge in [-0.1, -0.05) is 11.1 Å². The van der Waals surface area contributed by atoms with E-state index in [1.165, 1.54) is 0 Å². The number of halogens is 2. The van der Waals surface area contributed by atoms with E-state index in [1.54, 1.807) is 0 Å². The fourth-order valence-electron chi connectivity index (χ4n) is 2.47. The summed E-state index contributed by atoms with van der Waals surface area (Å²) in [4.78, 5) is 17.8. The summed E-state index contributed by atoms with van der Waals surface area (Å²) in [5.41, 5.74) is 7.21. The van der Waals surface area contributed by atoms with Gasteiger partial charge in [-0.2, -0.15) is 0 Å². The van der Waals surface area contributed by atoms with E-state index in [1.807, 2.05) is 61.7 Å². The molecule has 4 bridgehead atoms. The normalized spacial score (nSPS) is 17.6. The quantitative estimate of drug-likeness (QED) is 0.185. The summed E-state index contributed by atoms with van der Waals surface area (Å²) in [7, 11) is 0. The Labute approximate surface area is 217 Å². The summed E-state index contributed by atoms with van der Waals surface area (Å²) >= 11 is 0. The minimum absolute atomic E-state index is 0. The number of fused-ring (bicyclic) bond motifs is 1. The minimum Gasteiger partial charge on any atom is -1.00 e. The van der Waals surface area contributed by atoms with Gasteiger partial charge >= 0.3 is 0 Å². The van der Waals surface area contributed by atoms with Gasteiger partial charge in [-0.3, -0.25) is 15.0 Å². The maximum absolute atomic E-state index is 4.46. The molecule has 0 radical (unpaired) electrons. The molecule has 1 aliphatic heterocycles. The fourth-order valence-corrected chi connectivity index (χ4v) is 2.47. The number of hydrogen-bond acceptors (Lipinski definition) is 4. The Morgan fingerprint density at radius 1 is 0.800 bits per heavy atom. The van der Waals surface area contributed by atoms with Gasteiger partial charge in [-0.15, -0.1) is 18.6 Å². The van der Waals surface area contributed by atoms with E-state index in [9.17, 15) is 0 Å². The molecule has 0 saturated carbocycles. The zero-order valence-electron chi connectivity index (χ0n) is 17.0. The van der Waals surface area contributed by atoms with Crippen molar-refractivity contribution in [2.45, 2.75) is 12.8 Å². The first kappa shape index (κ1) is 31.0. The van der Waals surface area contributed by atoms with E-state index >= 15 is 0 Å². The van der Waals surface area contributed by atoms with Crippen molar-refractivity contribution in [1.82, 2.24) is 0 Å². The molecule has 0 atom stereocenters. The summed E-state index contributed by atoms with van der Waals surface area (Å²) in [6, 6.07) is 0. The monoisotopic (exact) mass is 540 g/mol. The van der Waals surface area contributed by atoms with Crippen LogP contribution in [0, 0.1) is 12.5 Å². The van der Waals surface area contributed by atoms with Crippen molar-refractivity contribution in [3.05, 3.63) is 70.9 Å². The molecule has 0 unspecified atom stereocenters. The Balaban J connectivity index is 0. The molecule has 0 spiro atoms. The summed E-state index contributed by atoms with van der Waals surface area (Å²) in [5.74, 6) is 0. The molecular formula is C22H22Cl2N4Zn2-2. The van der Waals surface area contributed by atoms with Crippen LogP contribution in [0.5, 0.6) is 0 Å². The van der Waals surface area contributed by atoms with Crippen LogP contribution in [0.1, 0.15) is 12.8 Å². The maximum Gasteiger partial charge on any atom is 0.141 e. The first-order valence-electron chi connectivity index (χ1n) is 8.94. The molecule has 8 heteroatoms. The Morgan fingerprint density at radius 3 is 2.17 bits per heavy atom. The minimum atomic E-state index is 0. The topological polar surface area (TPSA) is 49.4 Å². The van der Waals surface area contributed by atoms with Gasteiger partial charge in [-0.05, 0) is 19.1 Å². The molecule has 0 aromatic heterocycles. The molecule has 0 aromatic carbocycles. The molecule has 3 aliphatic rings. The van der Waals surface area contributed by atoms with E-state index < -0.39 is 0 Å². The predicted octanol–water partition coefficient (Wildman–Crippen LogP) is -2.48. The number of nitrogens with zero attached hydrogens (tertiary/aromatic N) is 4. The van der Waals surface area contributed by atoms with E-state index in [0.29, 0.717) is 0 Å². The smallest absolute Gasteiger partial charge is 0.141 e. The van der Waals surface area contributed by atoms with Gasteiger partial charge in [0, 0.05) is 95.7 Å². The van der Waals surface area contributed by atoms with Crippen LogP contribution in [-0.2, 0) is 39.0 Å². The molecule has 0 aromatic rings. The second kappa shape index (κ2) is 18.5. The molecular weight excluding hydrogens is 522 g/mol. The van der Waals surface area contributed by atoms with Crippen LogP contribution in [0.4, 0.5) is 0 Å². The number of rotatable bonds is 0. The average molecular weight is 544 g/mol. The zero-order valence-corrected chi connectivity index (χ0v) is 24.4. The molecule has 0 fully saturated rings. The van der Waals surface area contributed by atoms with Crippen molar-refractivity contribution in [2.24, 2.45) is 20.0 Å². The van der Waals surface area contributed by atoms with Crippen LogP contribution in [-0.4, -0.2) is 51.0 Å². The zero-order chi connectivity index (χ0) is 17.9. The summed E-state index contributed by atoms with van der Waals surface area (Å²) < 4.78 is 0. The molecule has 0 N–H and O–H groups in total. The third-order valence-corrected chi connectivity index (χ3v) is 3.75. The van der Waals surface area contributed by atoms with Crippen LogP contribution in [0.3, 0.4) is 0 Å². The molecule has 4 nitrogen and oxygen atoms in total. The fraction of sp³-hybridized carbons (Fsp3) is 0.273. The molecule has 30 heavy (non-hydrogen) atoms. The van der Waals surface area contributed by atoms with E-state index in [-0.39, 0.29) is 63.8 Å². The third-order valence-electron chi connectivity index (χ3n) is 3.75. The number of allylic oxidation sites excluding steroid dienone is 9. The average Bonchev–Trinajstić information content (AvgIpc) is 2.66. The van der Waals surface area contributed by atoms with Crippen molar-refractivity contribution >= 4 is 24.9 Å². The van der Waals surface area contributed by atoms with E-state index in [4.69, 9.17) is 0 Å². The maximum atomic E-state index is 4.46. The van der Waals surface area contributed by atoms with Gasteiger partial charge in [0.05, 0.1) is 12.4 Å². The van der Waals surface area contributed by atoms with Crippen molar-refractivity contribution < 1.29 is 63.8 Å². The van der Waals surface area contributed by atoms with Crippen LogP contribution in [0.15, 0.2) is 78.4 Å². The Hall–Kier alpha value is -1.23. The molecule has 0 saturated heterocycles. The molecule has 0 amide bonds. The van der Waals surface area contributed by atoms with Crippen molar-refractivity contribution in [3.8, 4) is 0 Å². The van der Waals surface area contributed by atoms with Gasteiger partial charge in [0.2, 0.25) is 0 Å². The summed E-state index contributed by atoms with van der Waals surface area (Å²) in [6.07, 6.45) is 24.6. The largest absolute Gasteiger partial charge is 1.00 e. The number of hydrogen-bond donors (Lipinski definition) is 0. The Kier molecular flexibility index (Phi) is 19.1. The standard InChI is InChI=1S/C22H22N4.2ClH.2Zn/c1-5-19-13-20(6-1)16-24-10-4-12-26-18-22-8-2-7-21(14-22)17-25-11-3-9-23-15-19;;;;/h1-2,5-8,15-18H,3-4,9-12H2;2*1H;;/p-2. The predicted molar refractivity (Wildman–Crippen MR) is 111 cm³/mol. The third kappa shape index (κ3) is 11.8. The molecule has 1 heterocycles. The molecule has 150 valence electrons. The first-order chi connectivity index (χ1) is 12.9. The van der Waals surface area contributed by atoms with Gasteiger partial charge in [0.15, 0.2) is 0 Å². The van der Waals surface area contributed by atoms with Crippen LogP contribution < -0.4 is 24.8 Å². The second-order valence-corrected chi connectivity index (χ2v) is 5.97. The van der Waals surface area contributed by atoms with Crippen molar-refractivity contribution in [1.29, 1.82) is 0 Å². The molecule has 2 aliphatic carbocycles. The van der Waals surface area contributed by atoms with Gasteiger partial charge in [0.25, 0.3) is 0 Å². The van der Waals surface area contributed by atoms with Gasteiger partial charge in [0.1, 0.15) is 11.1 Å². The van der Waals surface area contributed by atoms with E-state index in [2.05, 4.69) is 31.8 Å². The van der Waals surface area contributed by atoms with Crippen molar-refractivity contribution in [2.75, 3.05) is 26.2 Å². The Bertz CT molecular complexity index is 828. The van der Waals surface area contributed by atoms with Gasteiger partial charge < -0.3 is 29.8 Å². The first-order valence-corrected chi connectivity index (χ1v) is 8.94. The SMILES string of the molecule is C1=C2C=C[CH-]C=1C=NCCCN=CC1=[C+]C(=CC=C1)C=NCCCN=C2.[Cl-].[Cl-].[Zn].[Zn]. The summed E-state index contributed by atoms with van der Waals surface area (Å²) in [5, 5.41) is 0.